The molecule has 7 heteroatoms. The van der Waals surface area contributed by atoms with E-state index in [1.165, 1.54) is 10.6 Å². The number of nitrogens with one attached hydrogen (secondary N) is 1. The van der Waals surface area contributed by atoms with E-state index in [9.17, 15) is 9.59 Å². The Morgan fingerprint density at radius 2 is 1.92 bits per heavy atom. The van der Waals surface area contributed by atoms with Crippen molar-refractivity contribution < 1.29 is 4.79 Å². The standard InChI is InChI=1S/C19H23BrN4O2/c1-13-7-9-23(10-8-13)19-21-14(2)11-18(26)24(19)12-17(25)22-16-5-3-15(20)4-6-16/h3-6,11,13H,7-10,12H2,1-2H3,(H,22,25). The van der Waals surface area contributed by atoms with Crippen molar-refractivity contribution in [2.24, 2.45) is 5.92 Å². The predicted molar refractivity (Wildman–Crippen MR) is 107 cm³/mol. The molecule has 138 valence electrons. The molecule has 1 saturated heterocycles. The predicted octanol–water partition coefficient (Wildman–Crippen LogP) is 3.19. The first-order chi connectivity index (χ1) is 12.4. The fourth-order valence-corrected chi connectivity index (χ4v) is 3.35. The fourth-order valence-electron chi connectivity index (χ4n) is 3.08. The van der Waals surface area contributed by atoms with Gasteiger partial charge in [0, 0.05) is 35.0 Å². The van der Waals surface area contributed by atoms with Crippen molar-refractivity contribution >= 4 is 33.5 Å². The minimum atomic E-state index is -0.244. The molecule has 6 nitrogen and oxygen atoms in total. The second kappa shape index (κ2) is 8.03. The third-order valence-electron chi connectivity index (χ3n) is 4.61. The van der Waals surface area contributed by atoms with E-state index in [1.54, 1.807) is 0 Å². The summed E-state index contributed by atoms with van der Waals surface area (Å²) in [6.07, 6.45) is 2.13. The van der Waals surface area contributed by atoms with Crippen molar-refractivity contribution in [2.45, 2.75) is 33.2 Å². The smallest absolute Gasteiger partial charge is 0.255 e. The molecule has 26 heavy (non-hydrogen) atoms. The summed E-state index contributed by atoms with van der Waals surface area (Å²) in [7, 11) is 0. The van der Waals surface area contributed by atoms with E-state index in [0.717, 1.165) is 30.4 Å². The molecule has 2 heterocycles. The van der Waals surface area contributed by atoms with Gasteiger partial charge in [-0.05, 0) is 49.9 Å². The van der Waals surface area contributed by atoms with E-state index in [1.807, 2.05) is 31.2 Å². The summed E-state index contributed by atoms with van der Waals surface area (Å²) in [4.78, 5) is 31.6. The summed E-state index contributed by atoms with van der Waals surface area (Å²) in [6.45, 7) is 5.70. The Balaban J connectivity index is 1.81. The quantitative estimate of drug-likeness (QED) is 0.827. The molecule has 2 aromatic rings. The van der Waals surface area contributed by atoms with Crippen LogP contribution in [0.25, 0.3) is 0 Å². The average Bonchev–Trinajstić information content (AvgIpc) is 2.60. The highest BCUT2D eigenvalue weighted by Crippen LogP contribution is 2.21. The lowest BCUT2D eigenvalue weighted by molar-refractivity contribution is -0.116. The van der Waals surface area contributed by atoms with Crippen molar-refractivity contribution in [1.82, 2.24) is 9.55 Å². The Hall–Kier alpha value is -2.15. The summed E-state index contributed by atoms with van der Waals surface area (Å²) < 4.78 is 2.41. The van der Waals surface area contributed by atoms with Crippen LogP contribution < -0.4 is 15.8 Å². The zero-order valence-corrected chi connectivity index (χ0v) is 16.6. The van der Waals surface area contributed by atoms with E-state index < -0.39 is 0 Å². The van der Waals surface area contributed by atoms with Crippen LogP contribution >= 0.6 is 15.9 Å². The molecule has 0 atom stereocenters. The van der Waals surface area contributed by atoms with Crippen molar-refractivity contribution in [1.29, 1.82) is 0 Å². The van der Waals surface area contributed by atoms with Crippen LogP contribution in [-0.2, 0) is 11.3 Å². The lowest BCUT2D eigenvalue weighted by Crippen LogP contribution is -2.39. The number of rotatable bonds is 4. The number of aromatic nitrogens is 2. The van der Waals surface area contributed by atoms with E-state index >= 15 is 0 Å². The number of anilines is 2. The Labute approximate surface area is 161 Å². The van der Waals surface area contributed by atoms with Gasteiger partial charge < -0.3 is 10.2 Å². The van der Waals surface area contributed by atoms with Crippen LogP contribution in [0, 0.1) is 12.8 Å². The first-order valence-electron chi connectivity index (χ1n) is 8.81. The number of nitrogens with zero attached hydrogens (tertiary/aromatic N) is 3. The molecule has 0 unspecified atom stereocenters. The van der Waals surface area contributed by atoms with Gasteiger partial charge in [-0.25, -0.2) is 4.98 Å². The maximum absolute atomic E-state index is 12.5. The van der Waals surface area contributed by atoms with Crippen LogP contribution in [-0.4, -0.2) is 28.5 Å². The Bertz CT molecular complexity index is 840. The van der Waals surface area contributed by atoms with Gasteiger partial charge in [-0.3, -0.25) is 14.2 Å². The Morgan fingerprint density at radius 1 is 1.27 bits per heavy atom. The molecule has 1 N–H and O–H groups in total. The molecule has 1 aliphatic heterocycles. The van der Waals surface area contributed by atoms with Crippen molar-refractivity contribution in [2.75, 3.05) is 23.3 Å². The molecule has 1 amide bonds. The normalized spacial score (nSPS) is 15.1. The van der Waals surface area contributed by atoms with Crippen LogP contribution in [0.5, 0.6) is 0 Å². The van der Waals surface area contributed by atoms with Gasteiger partial charge in [-0.2, -0.15) is 0 Å². The third-order valence-corrected chi connectivity index (χ3v) is 5.14. The van der Waals surface area contributed by atoms with E-state index in [-0.39, 0.29) is 18.0 Å². The largest absolute Gasteiger partial charge is 0.342 e. The van der Waals surface area contributed by atoms with E-state index in [2.05, 4.69) is 38.1 Å². The second-order valence-corrected chi connectivity index (χ2v) is 7.76. The number of piperidine rings is 1. The zero-order chi connectivity index (χ0) is 18.7. The van der Waals surface area contributed by atoms with Crippen LogP contribution in [0.4, 0.5) is 11.6 Å². The number of aryl methyl sites for hydroxylation is 1. The highest BCUT2D eigenvalue weighted by atomic mass is 79.9. The molecule has 0 spiro atoms. The molecule has 0 aliphatic carbocycles. The molecule has 3 rings (SSSR count). The Morgan fingerprint density at radius 3 is 2.58 bits per heavy atom. The minimum absolute atomic E-state index is 0.0520. The maximum atomic E-state index is 12.5. The topological polar surface area (TPSA) is 67.2 Å². The Kier molecular flexibility index (Phi) is 5.76. The number of amides is 1. The molecule has 0 saturated carbocycles. The van der Waals surface area contributed by atoms with Crippen molar-refractivity contribution in [3.05, 3.63) is 50.9 Å². The van der Waals surface area contributed by atoms with Gasteiger partial charge in [-0.15, -0.1) is 0 Å². The van der Waals surface area contributed by atoms with Gasteiger partial charge in [0.25, 0.3) is 5.56 Å². The molecule has 1 fully saturated rings. The van der Waals surface area contributed by atoms with Gasteiger partial charge in [0.2, 0.25) is 11.9 Å². The highest BCUT2D eigenvalue weighted by Gasteiger charge is 2.21. The van der Waals surface area contributed by atoms with Crippen LogP contribution in [0.2, 0.25) is 0 Å². The molecular formula is C19H23BrN4O2. The molecule has 1 aromatic carbocycles. The van der Waals surface area contributed by atoms with Crippen molar-refractivity contribution in [3.8, 4) is 0 Å². The van der Waals surface area contributed by atoms with E-state index in [0.29, 0.717) is 23.2 Å². The first kappa shape index (κ1) is 18.6. The maximum Gasteiger partial charge on any atom is 0.255 e. The third kappa shape index (κ3) is 4.52. The summed E-state index contributed by atoms with van der Waals surface area (Å²) >= 11 is 3.37. The first-order valence-corrected chi connectivity index (χ1v) is 9.60. The molecule has 1 aliphatic rings. The average molecular weight is 419 g/mol. The number of hydrogen-bond acceptors (Lipinski definition) is 4. The SMILES string of the molecule is Cc1cc(=O)n(CC(=O)Nc2ccc(Br)cc2)c(N2CCC(C)CC2)n1. The van der Waals surface area contributed by atoms with Gasteiger partial charge in [0.1, 0.15) is 6.54 Å². The highest BCUT2D eigenvalue weighted by molar-refractivity contribution is 9.10. The van der Waals surface area contributed by atoms with Crippen LogP contribution in [0.3, 0.4) is 0 Å². The van der Waals surface area contributed by atoms with Gasteiger partial charge in [0.15, 0.2) is 0 Å². The number of carbonyl (C=O) groups is 1. The summed E-state index contributed by atoms with van der Waals surface area (Å²) in [5, 5.41) is 2.83. The van der Waals surface area contributed by atoms with Gasteiger partial charge in [0.05, 0.1) is 0 Å². The number of benzene rings is 1. The minimum Gasteiger partial charge on any atom is -0.342 e. The van der Waals surface area contributed by atoms with Crippen LogP contribution in [0.15, 0.2) is 39.6 Å². The van der Waals surface area contributed by atoms with E-state index in [4.69, 9.17) is 0 Å². The number of carbonyl (C=O) groups excluding carboxylic acids is 1. The van der Waals surface area contributed by atoms with Gasteiger partial charge in [-0.1, -0.05) is 22.9 Å². The lowest BCUT2D eigenvalue weighted by atomic mass is 10.00. The van der Waals surface area contributed by atoms with Crippen LogP contribution in [0.1, 0.15) is 25.5 Å². The monoisotopic (exact) mass is 418 g/mol. The molecule has 0 radical (unpaired) electrons. The number of hydrogen-bond donors (Lipinski definition) is 1. The lowest BCUT2D eigenvalue weighted by Gasteiger charge is -2.32. The molecule has 1 aromatic heterocycles. The van der Waals surface area contributed by atoms with Crippen molar-refractivity contribution in [3.63, 3.8) is 0 Å². The van der Waals surface area contributed by atoms with Gasteiger partial charge >= 0.3 is 0 Å². The summed E-state index contributed by atoms with van der Waals surface area (Å²) in [6, 6.07) is 8.81. The molecule has 0 bridgehead atoms. The second-order valence-electron chi connectivity index (χ2n) is 6.85. The summed E-state index contributed by atoms with van der Waals surface area (Å²) in [5.41, 5.74) is 1.17. The molecular weight excluding hydrogens is 396 g/mol. The summed E-state index contributed by atoms with van der Waals surface area (Å²) in [5.74, 6) is 1.02. The fraction of sp³-hybridized carbons (Fsp3) is 0.421. The zero-order valence-electron chi connectivity index (χ0n) is 15.0. The number of halogens is 1.